The summed E-state index contributed by atoms with van der Waals surface area (Å²) in [6.45, 7) is 8.15. The summed E-state index contributed by atoms with van der Waals surface area (Å²) < 4.78 is 0. The number of carbonyl (C=O) groups is 3. The van der Waals surface area contributed by atoms with Crippen LogP contribution in [0.5, 0.6) is 0 Å². The summed E-state index contributed by atoms with van der Waals surface area (Å²) in [6, 6.07) is 6.42. The largest absolute Gasteiger partial charge is 0.391 e. The lowest BCUT2D eigenvalue weighted by molar-refractivity contribution is -0.141. The summed E-state index contributed by atoms with van der Waals surface area (Å²) >= 11 is 1.60. The second-order valence-electron chi connectivity index (χ2n) is 13.2. The second-order valence-corrected chi connectivity index (χ2v) is 14.1. The number of aryl methyl sites for hydroxylation is 1. The molecular formula is C32H47BN4O4S. The van der Waals surface area contributed by atoms with Gasteiger partial charge in [0.25, 0.3) is 0 Å². The highest BCUT2D eigenvalue weighted by atomic mass is 32.1. The molecule has 2 heterocycles. The van der Waals surface area contributed by atoms with Gasteiger partial charge in [0.2, 0.25) is 19.1 Å². The summed E-state index contributed by atoms with van der Waals surface area (Å²) in [4.78, 5) is 47.3. The number of nitrogens with one attached hydrogen (secondary N) is 2. The Morgan fingerprint density at radius 3 is 2.31 bits per heavy atom. The Morgan fingerprint density at radius 1 is 1.07 bits per heavy atom. The van der Waals surface area contributed by atoms with Crippen molar-refractivity contribution >= 4 is 36.2 Å². The molecule has 2 fully saturated rings. The van der Waals surface area contributed by atoms with E-state index < -0.39 is 23.6 Å². The summed E-state index contributed by atoms with van der Waals surface area (Å²) in [5, 5.41) is 16.5. The normalized spacial score (nSPS) is 21.1. The molecule has 0 radical (unpaired) electrons. The summed E-state index contributed by atoms with van der Waals surface area (Å²) in [5.41, 5.74) is 4.29. The Hall–Kier alpha value is -2.72. The fourth-order valence-corrected chi connectivity index (χ4v) is 7.00. The minimum atomic E-state index is -0.790. The van der Waals surface area contributed by atoms with Crippen molar-refractivity contribution in [3.8, 4) is 10.4 Å². The topological polar surface area (TPSA) is 112 Å². The number of β-amino-alcohol motifs (C(OH)–C–C–N with tert-alkyl or cyclic N) is 1. The third kappa shape index (κ3) is 8.66. The van der Waals surface area contributed by atoms with Crippen molar-refractivity contribution in [1.29, 1.82) is 0 Å². The maximum Gasteiger partial charge on any atom is 0.246 e. The number of aliphatic hydroxyl groups is 1. The van der Waals surface area contributed by atoms with Crippen molar-refractivity contribution in [3.63, 3.8) is 0 Å². The van der Waals surface area contributed by atoms with E-state index >= 15 is 0 Å². The zero-order valence-electron chi connectivity index (χ0n) is 25.7. The van der Waals surface area contributed by atoms with Gasteiger partial charge in [0.15, 0.2) is 5.81 Å². The van der Waals surface area contributed by atoms with Crippen molar-refractivity contribution in [1.82, 2.24) is 20.5 Å². The van der Waals surface area contributed by atoms with Crippen LogP contribution in [0.4, 0.5) is 4.79 Å². The Balaban J connectivity index is 1.37. The van der Waals surface area contributed by atoms with Gasteiger partial charge in [-0.25, -0.2) is 4.98 Å². The van der Waals surface area contributed by atoms with Crippen LogP contribution in [0.3, 0.4) is 0 Å². The monoisotopic (exact) mass is 594 g/mol. The van der Waals surface area contributed by atoms with E-state index in [1.165, 1.54) is 30.6 Å². The molecule has 228 valence electrons. The smallest absolute Gasteiger partial charge is 0.246 e. The van der Waals surface area contributed by atoms with Gasteiger partial charge in [-0.2, -0.15) is 0 Å². The van der Waals surface area contributed by atoms with E-state index in [0.717, 1.165) is 47.4 Å². The zero-order chi connectivity index (χ0) is 30.3. The molecule has 1 aromatic carbocycles. The molecule has 4 rings (SSSR count). The Morgan fingerprint density at radius 2 is 1.71 bits per heavy atom. The predicted octanol–water partition coefficient (Wildman–Crippen LogP) is 5.18. The molecule has 1 saturated carbocycles. The molecule has 1 aliphatic carbocycles. The number of carbonyl (C=O) groups excluding carboxylic acids is 3. The van der Waals surface area contributed by atoms with E-state index in [1.807, 2.05) is 57.5 Å². The van der Waals surface area contributed by atoms with Crippen molar-refractivity contribution in [3.05, 3.63) is 41.0 Å². The Labute approximate surface area is 255 Å². The zero-order valence-corrected chi connectivity index (χ0v) is 26.5. The quantitative estimate of drug-likeness (QED) is 0.365. The number of likely N-dealkylation sites (tertiary alicyclic amines) is 1. The molecule has 10 heteroatoms. The highest BCUT2D eigenvalue weighted by Crippen LogP contribution is 2.29. The van der Waals surface area contributed by atoms with Crippen molar-refractivity contribution < 1.29 is 19.5 Å². The van der Waals surface area contributed by atoms with Crippen LogP contribution in [0.15, 0.2) is 29.8 Å². The lowest BCUT2D eigenvalue weighted by atomic mass is 9.59. The van der Waals surface area contributed by atoms with E-state index in [-0.39, 0.29) is 30.6 Å². The van der Waals surface area contributed by atoms with Crippen LogP contribution in [-0.4, -0.2) is 64.6 Å². The first-order valence-electron chi connectivity index (χ1n) is 15.6. The second kappa shape index (κ2) is 14.6. The van der Waals surface area contributed by atoms with E-state index in [0.29, 0.717) is 19.6 Å². The van der Waals surface area contributed by atoms with Gasteiger partial charge >= 0.3 is 0 Å². The molecule has 1 aliphatic heterocycles. The van der Waals surface area contributed by atoms with Gasteiger partial charge in [0.05, 0.1) is 22.2 Å². The number of hydrogen-bond donors (Lipinski definition) is 3. The lowest BCUT2D eigenvalue weighted by Crippen LogP contribution is -2.58. The van der Waals surface area contributed by atoms with E-state index in [9.17, 15) is 19.5 Å². The standard InChI is InChI=1S/C32H47BN4O4S/c1-21-27(42-20-35-21)23-15-13-22(14-16-23)18-34-29(39)26-17-25(38)19-37(26)30(40)28(32(2,3)4)36-31(41)33-24-11-9-7-5-6-8-10-12-24/h13-16,20,24-26,28,33,38H,5-12,17-19H2,1-4H3,(H,34,39)(H,36,41)/t25-,26+,28?/m1/s1. The molecule has 0 spiro atoms. The highest BCUT2D eigenvalue weighted by Gasteiger charge is 2.44. The van der Waals surface area contributed by atoms with Gasteiger partial charge in [0, 0.05) is 19.5 Å². The Bertz CT molecular complexity index is 1200. The first-order chi connectivity index (χ1) is 20.0. The van der Waals surface area contributed by atoms with Gasteiger partial charge < -0.3 is 20.6 Å². The van der Waals surface area contributed by atoms with Crippen LogP contribution in [0.25, 0.3) is 10.4 Å². The fraction of sp³-hybridized carbons (Fsp3) is 0.625. The van der Waals surface area contributed by atoms with Gasteiger partial charge in [-0.3, -0.25) is 14.4 Å². The molecule has 42 heavy (non-hydrogen) atoms. The predicted molar refractivity (Wildman–Crippen MR) is 170 cm³/mol. The molecular weight excluding hydrogens is 547 g/mol. The molecule has 0 bridgehead atoms. The third-order valence-corrected chi connectivity index (χ3v) is 9.64. The number of hydrogen-bond acceptors (Lipinski definition) is 6. The van der Waals surface area contributed by atoms with Crippen LogP contribution < -0.4 is 10.6 Å². The number of rotatable bonds is 8. The molecule has 2 aliphatic rings. The summed E-state index contributed by atoms with van der Waals surface area (Å²) in [5.74, 6) is -0.380. The first-order valence-corrected chi connectivity index (χ1v) is 16.5. The maximum atomic E-state index is 13.9. The van der Waals surface area contributed by atoms with Gasteiger partial charge in [-0.05, 0) is 23.5 Å². The SMILES string of the molecule is Cc1ncsc1-c1ccc(CNC(=O)[C@@H]2C[C@@H](O)CN2C(=O)C(NC(=O)BC2CCCCCCCC2)C(C)(C)C)cc1. The molecule has 1 unspecified atom stereocenters. The number of amides is 3. The van der Waals surface area contributed by atoms with Crippen molar-refractivity contribution in [2.45, 2.75) is 116 Å². The summed E-state index contributed by atoms with van der Waals surface area (Å²) in [7, 11) is 0.424. The van der Waals surface area contributed by atoms with Crippen LogP contribution in [0.2, 0.25) is 5.82 Å². The van der Waals surface area contributed by atoms with Crippen LogP contribution in [0, 0.1) is 12.3 Å². The van der Waals surface area contributed by atoms with Gasteiger partial charge in [-0.15, -0.1) is 11.3 Å². The van der Waals surface area contributed by atoms with E-state index in [4.69, 9.17) is 0 Å². The van der Waals surface area contributed by atoms with Gasteiger partial charge in [-0.1, -0.05) is 102 Å². The minimum absolute atomic E-state index is 0.0743. The molecule has 3 amide bonds. The van der Waals surface area contributed by atoms with Crippen molar-refractivity contribution in [2.24, 2.45) is 5.41 Å². The summed E-state index contributed by atoms with van der Waals surface area (Å²) in [6.07, 6.45) is 8.78. The van der Waals surface area contributed by atoms with Crippen LogP contribution >= 0.6 is 11.3 Å². The minimum Gasteiger partial charge on any atom is -0.391 e. The number of aromatic nitrogens is 1. The molecule has 3 atom stereocenters. The molecule has 1 saturated heterocycles. The molecule has 2 aromatic rings. The number of benzene rings is 1. The van der Waals surface area contributed by atoms with Crippen molar-refractivity contribution in [2.75, 3.05) is 6.54 Å². The lowest BCUT2D eigenvalue weighted by Gasteiger charge is -2.35. The number of thiazole rings is 1. The Kier molecular flexibility index (Phi) is 11.2. The average molecular weight is 595 g/mol. The number of nitrogens with zero attached hydrogens (tertiary/aromatic N) is 2. The first kappa shape index (κ1) is 32.2. The fourth-order valence-electron chi connectivity index (χ4n) is 6.18. The van der Waals surface area contributed by atoms with E-state index in [2.05, 4.69) is 15.6 Å². The van der Waals surface area contributed by atoms with E-state index in [1.54, 1.807) is 11.3 Å². The molecule has 8 nitrogen and oxygen atoms in total. The maximum absolute atomic E-state index is 13.9. The van der Waals surface area contributed by atoms with Crippen LogP contribution in [0.1, 0.15) is 89.8 Å². The molecule has 1 aromatic heterocycles. The third-order valence-electron chi connectivity index (χ3n) is 8.66. The number of aliphatic hydroxyl groups excluding tert-OH is 1. The van der Waals surface area contributed by atoms with Crippen LogP contribution in [-0.2, 0) is 16.1 Å². The average Bonchev–Trinajstić information content (AvgIpc) is 3.58. The van der Waals surface area contributed by atoms with Gasteiger partial charge in [0.1, 0.15) is 12.1 Å². The molecule has 3 N–H and O–H groups in total. The highest BCUT2D eigenvalue weighted by molar-refractivity contribution is 7.13.